The largest absolute Gasteiger partial charge is 0.493 e. The minimum absolute atomic E-state index is 0.0190. The lowest BCUT2D eigenvalue weighted by atomic mass is 10.1. The number of carboxylic acids is 1. The maximum Gasteiger partial charge on any atom is 0.307 e. The highest BCUT2D eigenvalue weighted by molar-refractivity contribution is 7.09. The summed E-state index contributed by atoms with van der Waals surface area (Å²) in [4.78, 5) is 16.1. The standard InChI is InChI=1S/C14H15NO3S/c1-10-13(19-9-15-10)5-6-18-12-4-2-3-11(7-12)8-14(16)17/h2-4,7,9H,5-6,8H2,1H3,(H,16,17). The van der Waals surface area contributed by atoms with Crippen molar-refractivity contribution >= 4 is 17.3 Å². The fourth-order valence-corrected chi connectivity index (χ4v) is 2.51. The van der Waals surface area contributed by atoms with Crippen molar-refractivity contribution in [1.29, 1.82) is 0 Å². The van der Waals surface area contributed by atoms with E-state index in [1.54, 1.807) is 23.5 Å². The summed E-state index contributed by atoms with van der Waals surface area (Å²) >= 11 is 1.63. The maximum atomic E-state index is 10.6. The van der Waals surface area contributed by atoms with Crippen LogP contribution in [0.4, 0.5) is 0 Å². The van der Waals surface area contributed by atoms with Crippen molar-refractivity contribution in [2.24, 2.45) is 0 Å². The molecule has 0 saturated heterocycles. The first kappa shape index (κ1) is 13.5. The third-order valence-electron chi connectivity index (χ3n) is 2.70. The first-order valence-corrected chi connectivity index (χ1v) is 6.85. The number of nitrogens with zero attached hydrogens (tertiary/aromatic N) is 1. The van der Waals surface area contributed by atoms with Gasteiger partial charge in [-0.05, 0) is 24.6 Å². The van der Waals surface area contributed by atoms with Crippen LogP contribution in [0.5, 0.6) is 5.75 Å². The number of ether oxygens (including phenoxy) is 1. The second-order valence-corrected chi connectivity index (χ2v) is 5.12. The van der Waals surface area contributed by atoms with Crippen LogP contribution in [0, 0.1) is 6.92 Å². The fourth-order valence-electron chi connectivity index (χ4n) is 1.75. The van der Waals surface area contributed by atoms with Crippen molar-refractivity contribution in [3.05, 3.63) is 45.9 Å². The molecule has 0 saturated carbocycles. The molecule has 0 unspecified atom stereocenters. The van der Waals surface area contributed by atoms with E-state index in [2.05, 4.69) is 4.98 Å². The number of aryl methyl sites for hydroxylation is 1. The predicted molar refractivity (Wildman–Crippen MR) is 73.8 cm³/mol. The molecular formula is C14H15NO3S. The van der Waals surface area contributed by atoms with Gasteiger partial charge >= 0.3 is 5.97 Å². The number of carboxylic acid groups (broad SMARTS) is 1. The van der Waals surface area contributed by atoms with Crippen LogP contribution in [-0.4, -0.2) is 22.7 Å². The Labute approximate surface area is 115 Å². The molecular weight excluding hydrogens is 262 g/mol. The van der Waals surface area contributed by atoms with E-state index in [-0.39, 0.29) is 6.42 Å². The number of rotatable bonds is 6. The van der Waals surface area contributed by atoms with Crippen LogP contribution in [0.2, 0.25) is 0 Å². The van der Waals surface area contributed by atoms with Gasteiger partial charge in [-0.15, -0.1) is 11.3 Å². The molecule has 1 aromatic heterocycles. The normalized spacial score (nSPS) is 10.4. The third kappa shape index (κ3) is 4.06. The molecule has 2 aromatic rings. The Morgan fingerprint density at radius 1 is 1.47 bits per heavy atom. The van der Waals surface area contributed by atoms with Crippen LogP contribution in [-0.2, 0) is 17.6 Å². The first-order valence-electron chi connectivity index (χ1n) is 5.97. The minimum Gasteiger partial charge on any atom is -0.493 e. The van der Waals surface area contributed by atoms with Gasteiger partial charge < -0.3 is 9.84 Å². The monoisotopic (exact) mass is 277 g/mol. The average molecular weight is 277 g/mol. The highest BCUT2D eigenvalue weighted by atomic mass is 32.1. The van der Waals surface area contributed by atoms with Gasteiger partial charge in [0.05, 0.1) is 24.2 Å². The summed E-state index contributed by atoms with van der Waals surface area (Å²) in [5.74, 6) is -0.127. The van der Waals surface area contributed by atoms with Gasteiger partial charge in [0.2, 0.25) is 0 Å². The summed E-state index contributed by atoms with van der Waals surface area (Å²) in [6, 6.07) is 7.21. The van der Waals surface area contributed by atoms with Crippen LogP contribution in [0.25, 0.3) is 0 Å². The molecule has 100 valence electrons. The summed E-state index contributed by atoms with van der Waals surface area (Å²) in [7, 11) is 0. The third-order valence-corrected chi connectivity index (χ3v) is 3.69. The highest BCUT2D eigenvalue weighted by Gasteiger charge is 2.04. The number of hydrogen-bond acceptors (Lipinski definition) is 4. The van der Waals surface area contributed by atoms with E-state index in [9.17, 15) is 4.79 Å². The molecule has 0 bridgehead atoms. The number of hydrogen-bond donors (Lipinski definition) is 1. The lowest BCUT2D eigenvalue weighted by Crippen LogP contribution is -2.03. The van der Waals surface area contributed by atoms with Crippen LogP contribution < -0.4 is 4.74 Å². The van der Waals surface area contributed by atoms with E-state index < -0.39 is 5.97 Å². The zero-order chi connectivity index (χ0) is 13.7. The van der Waals surface area contributed by atoms with E-state index >= 15 is 0 Å². The van der Waals surface area contributed by atoms with Gasteiger partial charge in [-0.25, -0.2) is 4.98 Å². The van der Waals surface area contributed by atoms with Gasteiger partial charge in [0, 0.05) is 11.3 Å². The summed E-state index contributed by atoms with van der Waals surface area (Å²) in [5, 5.41) is 8.74. The SMILES string of the molecule is Cc1ncsc1CCOc1cccc(CC(=O)O)c1. The summed E-state index contributed by atoms with van der Waals surface area (Å²) < 4.78 is 5.64. The molecule has 0 amide bonds. The van der Waals surface area contributed by atoms with Crippen molar-refractivity contribution in [1.82, 2.24) is 4.98 Å². The smallest absolute Gasteiger partial charge is 0.307 e. The van der Waals surface area contributed by atoms with Gasteiger partial charge in [-0.3, -0.25) is 4.79 Å². The van der Waals surface area contributed by atoms with Crippen LogP contribution >= 0.6 is 11.3 Å². The van der Waals surface area contributed by atoms with Crippen molar-refractivity contribution in [3.8, 4) is 5.75 Å². The molecule has 2 rings (SSSR count). The molecule has 4 nitrogen and oxygen atoms in total. The second kappa shape index (κ2) is 6.33. The Bertz CT molecular complexity index is 565. The first-order chi connectivity index (χ1) is 9.15. The summed E-state index contributed by atoms with van der Waals surface area (Å²) in [6.07, 6.45) is 0.838. The van der Waals surface area contributed by atoms with Crippen LogP contribution in [0.3, 0.4) is 0 Å². The molecule has 1 heterocycles. The van der Waals surface area contributed by atoms with E-state index in [1.165, 1.54) is 4.88 Å². The maximum absolute atomic E-state index is 10.6. The zero-order valence-electron chi connectivity index (χ0n) is 10.6. The molecule has 19 heavy (non-hydrogen) atoms. The molecule has 0 aliphatic carbocycles. The van der Waals surface area contributed by atoms with Crippen molar-refractivity contribution in [2.75, 3.05) is 6.61 Å². The van der Waals surface area contributed by atoms with E-state index in [4.69, 9.17) is 9.84 Å². The number of aliphatic carboxylic acids is 1. The Morgan fingerprint density at radius 3 is 3.00 bits per heavy atom. The lowest BCUT2D eigenvalue weighted by molar-refractivity contribution is -0.136. The Morgan fingerprint density at radius 2 is 2.32 bits per heavy atom. The molecule has 0 aliphatic heterocycles. The van der Waals surface area contributed by atoms with Gasteiger partial charge in [0.25, 0.3) is 0 Å². The molecule has 5 heteroatoms. The van der Waals surface area contributed by atoms with Gasteiger partial charge in [-0.1, -0.05) is 12.1 Å². The summed E-state index contributed by atoms with van der Waals surface area (Å²) in [6.45, 7) is 2.55. The quantitative estimate of drug-likeness (QED) is 0.882. The molecule has 1 aromatic carbocycles. The van der Waals surface area contributed by atoms with Gasteiger partial charge in [0.1, 0.15) is 5.75 Å². The topological polar surface area (TPSA) is 59.4 Å². The Hall–Kier alpha value is -1.88. The van der Waals surface area contributed by atoms with E-state index in [0.29, 0.717) is 12.4 Å². The van der Waals surface area contributed by atoms with Gasteiger partial charge in [0.15, 0.2) is 0 Å². The van der Waals surface area contributed by atoms with E-state index in [0.717, 1.165) is 17.7 Å². The number of benzene rings is 1. The molecule has 0 radical (unpaired) electrons. The molecule has 0 atom stereocenters. The number of carbonyl (C=O) groups is 1. The van der Waals surface area contributed by atoms with Crippen molar-refractivity contribution in [2.45, 2.75) is 19.8 Å². The molecule has 0 fully saturated rings. The summed E-state index contributed by atoms with van der Waals surface area (Å²) in [5.41, 5.74) is 3.63. The predicted octanol–water partition coefficient (Wildman–Crippen LogP) is 2.70. The van der Waals surface area contributed by atoms with Crippen LogP contribution in [0.15, 0.2) is 29.8 Å². The average Bonchev–Trinajstić information content (AvgIpc) is 2.75. The van der Waals surface area contributed by atoms with Crippen molar-refractivity contribution in [3.63, 3.8) is 0 Å². The molecule has 0 spiro atoms. The highest BCUT2D eigenvalue weighted by Crippen LogP contribution is 2.16. The van der Waals surface area contributed by atoms with Gasteiger partial charge in [-0.2, -0.15) is 0 Å². The molecule has 0 aliphatic rings. The fraction of sp³-hybridized carbons (Fsp3) is 0.286. The molecule has 1 N–H and O–H groups in total. The zero-order valence-corrected chi connectivity index (χ0v) is 11.4. The minimum atomic E-state index is -0.836. The van der Waals surface area contributed by atoms with Crippen molar-refractivity contribution < 1.29 is 14.6 Å². The number of thiazole rings is 1. The Kier molecular flexibility index (Phi) is 4.52. The van der Waals surface area contributed by atoms with E-state index in [1.807, 2.05) is 24.6 Å². The number of aromatic nitrogens is 1. The second-order valence-electron chi connectivity index (χ2n) is 4.18. The van der Waals surface area contributed by atoms with Crippen LogP contribution in [0.1, 0.15) is 16.1 Å². The Balaban J connectivity index is 1.89. The lowest BCUT2D eigenvalue weighted by Gasteiger charge is -2.07.